The number of aromatic nitrogens is 1. The van der Waals surface area contributed by atoms with Crippen LogP contribution in [0.2, 0.25) is 0 Å². The van der Waals surface area contributed by atoms with Crippen molar-refractivity contribution in [3.05, 3.63) is 69.8 Å². The van der Waals surface area contributed by atoms with Crippen molar-refractivity contribution in [2.75, 3.05) is 14.2 Å². The lowest BCUT2D eigenvalue weighted by molar-refractivity contribution is 0.356. The van der Waals surface area contributed by atoms with E-state index in [2.05, 4.69) is 37.6 Å². The molecule has 4 rings (SSSR count). The van der Waals surface area contributed by atoms with Gasteiger partial charge in [-0.1, -0.05) is 30.0 Å². The van der Waals surface area contributed by atoms with E-state index in [1.807, 2.05) is 47.8 Å². The second-order valence-electron chi connectivity index (χ2n) is 8.52. The van der Waals surface area contributed by atoms with Gasteiger partial charge < -0.3 is 14.5 Å². The largest absolute Gasteiger partial charge is 0.493 e. The van der Waals surface area contributed by atoms with Crippen LogP contribution in [0.15, 0.2) is 58.7 Å². The lowest BCUT2D eigenvalue weighted by Crippen LogP contribution is -2.11. The minimum absolute atomic E-state index is 0.0986. The summed E-state index contributed by atoms with van der Waals surface area (Å²) < 4.78 is 11.0. The third-order valence-electron chi connectivity index (χ3n) is 5.02. The highest BCUT2D eigenvalue weighted by molar-refractivity contribution is 7.13. The Morgan fingerprint density at radius 3 is 2.34 bits per heavy atom. The van der Waals surface area contributed by atoms with Gasteiger partial charge in [0.05, 0.1) is 25.3 Å². The van der Waals surface area contributed by atoms with E-state index in [1.165, 1.54) is 11.3 Å². The van der Waals surface area contributed by atoms with Crippen molar-refractivity contribution >= 4 is 22.2 Å². The van der Waals surface area contributed by atoms with E-state index in [0.29, 0.717) is 22.6 Å². The third-order valence-corrected chi connectivity index (χ3v) is 5.91. The van der Waals surface area contributed by atoms with Crippen LogP contribution in [0.5, 0.6) is 11.5 Å². The molecular formula is C27H25NO3S. The number of aromatic amines is 1. The monoisotopic (exact) mass is 443 g/mol. The number of ether oxygens (including phenoxy) is 2. The average molecular weight is 444 g/mol. The summed E-state index contributed by atoms with van der Waals surface area (Å²) >= 11 is 1.54. The molecule has 0 amide bonds. The Balaban J connectivity index is 2.07. The number of pyridine rings is 1. The van der Waals surface area contributed by atoms with Crippen LogP contribution in [-0.2, 0) is 0 Å². The maximum Gasteiger partial charge on any atom is 0.257 e. The Morgan fingerprint density at radius 1 is 0.938 bits per heavy atom. The molecule has 0 unspecified atom stereocenters. The fourth-order valence-electron chi connectivity index (χ4n) is 3.59. The van der Waals surface area contributed by atoms with Crippen LogP contribution < -0.4 is 15.0 Å². The van der Waals surface area contributed by atoms with Gasteiger partial charge in [0.1, 0.15) is 0 Å². The van der Waals surface area contributed by atoms with Crippen LogP contribution in [0, 0.1) is 17.3 Å². The molecule has 0 aliphatic carbocycles. The van der Waals surface area contributed by atoms with Crippen molar-refractivity contribution in [2.45, 2.75) is 20.8 Å². The molecule has 0 radical (unpaired) electrons. The second-order valence-corrected chi connectivity index (χ2v) is 9.46. The number of benzene rings is 2. The highest BCUT2D eigenvalue weighted by Crippen LogP contribution is 2.40. The standard InChI is InChI=1S/C27H25NO3S/c1-27(2,3)12-11-17-8-6-9-18(14-17)24-19-15-21(30-4)22(31-5)16-20(19)28-26(29)25(24)23-10-7-13-32-23/h6-10,13-16H,1-5H3,(H,28,29). The maximum absolute atomic E-state index is 13.3. The zero-order valence-corrected chi connectivity index (χ0v) is 19.6. The number of rotatable bonds is 4. The van der Waals surface area contributed by atoms with Crippen molar-refractivity contribution in [3.8, 4) is 44.9 Å². The molecule has 4 aromatic rings. The van der Waals surface area contributed by atoms with E-state index in [1.54, 1.807) is 20.3 Å². The molecule has 0 aliphatic heterocycles. The number of hydrogen-bond donors (Lipinski definition) is 1. The molecule has 32 heavy (non-hydrogen) atoms. The first-order valence-electron chi connectivity index (χ1n) is 10.3. The quantitative estimate of drug-likeness (QED) is 0.375. The van der Waals surface area contributed by atoms with Crippen LogP contribution in [0.1, 0.15) is 26.3 Å². The molecule has 2 heterocycles. The van der Waals surface area contributed by atoms with Crippen molar-refractivity contribution < 1.29 is 9.47 Å². The first kappa shape index (κ1) is 21.7. The van der Waals surface area contributed by atoms with E-state index in [0.717, 1.165) is 27.0 Å². The molecule has 0 aliphatic rings. The number of nitrogens with one attached hydrogen (secondary N) is 1. The normalized spacial score (nSPS) is 11.2. The molecule has 2 aromatic carbocycles. The molecule has 0 saturated carbocycles. The molecule has 5 heteroatoms. The van der Waals surface area contributed by atoms with Crippen molar-refractivity contribution in [1.82, 2.24) is 4.98 Å². The van der Waals surface area contributed by atoms with Crippen molar-refractivity contribution in [2.24, 2.45) is 5.41 Å². The minimum atomic E-state index is -0.145. The van der Waals surface area contributed by atoms with E-state index < -0.39 is 0 Å². The van der Waals surface area contributed by atoms with Gasteiger partial charge in [0.2, 0.25) is 0 Å². The number of methoxy groups -OCH3 is 2. The van der Waals surface area contributed by atoms with E-state index in [4.69, 9.17) is 9.47 Å². The lowest BCUT2D eigenvalue weighted by Gasteiger charge is -2.15. The minimum Gasteiger partial charge on any atom is -0.493 e. The topological polar surface area (TPSA) is 51.3 Å². The van der Waals surface area contributed by atoms with Gasteiger partial charge in [-0.15, -0.1) is 11.3 Å². The molecule has 4 nitrogen and oxygen atoms in total. The zero-order valence-electron chi connectivity index (χ0n) is 18.8. The van der Waals surface area contributed by atoms with Crippen LogP contribution >= 0.6 is 11.3 Å². The molecule has 0 atom stereocenters. The molecule has 0 saturated heterocycles. The Hall–Kier alpha value is -3.49. The van der Waals surface area contributed by atoms with Gasteiger partial charge in [0.25, 0.3) is 5.56 Å². The van der Waals surface area contributed by atoms with E-state index in [-0.39, 0.29) is 11.0 Å². The summed E-state index contributed by atoms with van der Waals surface area (Å²) in [5.74, 6) is 7.73. The predicted octanol–water partition coefficient (Wildman–Crippen LogP) is 6.34. The Labute approximate surface area is 191 Å². The summed E-state index contributed by atoms with van der Waals surface area (Å²) in [5.41, 5.74) is 3.77. The van der Waals surface area contributed by atoms with Gasteiger partial charge in [0, 0.05) is 32.9 Å². The molecule has 0 fully saturated rings. The van der Waals surface area contributed by atoms with Gasteiger partial charge in [-0.05, 0) is 56.0 Å². The van der Waals surface area contributed by atoms with Crippen molar-refractivity contribution in [3.63, 3.8) is 0 Å². The summed E-state index contributed by atoms with van der Waals surface area (Å²) in [5, 5.41) is 2.86. The van der Waals surface area contributed by atoms with Gasteiger partial charge in [0.15, 0.2) is 11.5 Å². The smallest absolute Gasteiger partial charge is 0.257 e. The Kier molecular flexibility index (Phi) is 5.82. The highest BCUT2D eigenvalue weighted by Gasteiger charge is 2.19. The lowest BCUT2D eigenvalue weighted by atomic mass is 9.93. The van der Waals surface area contributed by atoms with Crippen molar-refractivity contribution in [1.29, 1.82) is 0 Å². The fourth-order valence-corrected chi connectivity index (χ4v) is 4.36. The first-order valence-corrected chi connectivity index (χ1v) is 11.2. The van der Waals surface area contributed by atoms with Crippen LogP contribution in [0.25, 0.3) is 32.5 Å². The van der Waals surface area contributed by atoms with Crippen LogP contribution in [0.3, 0.4) is 0 Å². The van der Waals surface area contributed by atoms with Gasteiger partial charge in [-0.3, -0.25) is 4.79 Å². The summed E-state index contributed by atoms with van der Waals surface area (Å²) in [4.78, 5) is 17.2. The number of H-pyrrole nitrogens is 1. The number of thiophene rings is 1. The average Bonchev–Trinajstić information content (AvgIpc) is 3.30. The zero-order chi connectivity index (χ0) is 22.9. The molecular weight excluding hydrogens is 418 g/mol. The first-order chi connectivity index (χ1) is 15.3. The van der Waals surface area contributed by atoms with Gasteiger partial charge in [-0.2, -0.15) is 0 Å². The summed E-state index contributed by atoms with van der Waals surface area (Å²) in [6.07, 6.45) is 0. The SMILES string of the molecule is COc1cc2[nH]c(=O)c(-c3cccs3)c(-c3cccc(C#CC(C)(C)C)c3)c2cc1OC. The fraction of sp³-hybridized carbons (Fsp3) is 0.222. The summed E-state index contributed by atoms with van der Waals surface area (Å²) in [6, 6.07) is 15.7. The second kappa shape index (κ2) is 8.57. The molecule has 2 aromatic heterocycles. The molecule has 0 spiro atoms. The van der Waals surface area contributed by atoms with E-state index >= 15 is 0 Å². The summed E-state index contributed by atoms with van der Waals surface area (Å²) in [7, 11) is 3.19. The Bertz CT molecular complexity index is 1400. The van der Waals surface area contributed by atoms with Crippen LogP contribution in [0.4, 0.5) is 0 Å². The van der Waals surface area contributed by atoms with Gasteiger partial charge in [-0.25, -0.2) is 0 Å². The number of fused-ring (bicyclic) bond motifs is 1. The maximum atomic E-state index is 13.3. The predicted molar refractivity (Wildman–Crippen MR) is 133 cm³/mol. The third kappa shape index (κ3) is 4.28. The number of hydrogen-bond acceptors (Lipinski definition) is 4. The Morgan fingerprint density at radius 2 is 1.69 bits per heavy atom. The summed E-state index contributed by atoms with van der Waals surface area (Å²) in [6.45, 7) is 6.26. The highest BCUT2D eigenvalue weighted by atomic mass is 32.1. The molecule has 1 N–H and O–H groups in total. The van der Waals surface area contributed by atoms with Crippen LogP contribution in [-0.4, -0.2) is 19.2 Å². The molecule has 162 valence electrons. The van der Waals surface area contributed by atoms with E-state index in [9.17, 15) is 4.79 Å². The molecule has 0 bridgehead atoms. The van der Waals surface area contributed by atoms with Gasteiger partial charge >= 0.3 is 0 Å².